The van der Waals surface area contributed by atoms with Gasteiger partial charge in [-0.2, -0.15) is 0 Å². The fraction of sp³-hybridized carbons (Fsp3) is 0.250. The van der Waals surface area contributed by atoms with Crippen LogP contribution < -0.4 is 4.74 Å². The molecule has 2 heterocycles. The van der Waals surface area contributed by atoms with Crippen LogP contribution in [0.15, 0.2) is 36.9 Å². The number of hydrogen-bond acceptors (Lipinski definition) is 4. The van der Waals surface area contributed by atoms with Gasteiger partial charge in [0.2, 0.25) is 0 Å². The van der Waals surface area contributed by atoms with Crippen molar-refractivity contribution in [3.8, 4) is 5.88 Å². The average molecular weight is 250 g/mol. The number of aromatic nitrogens is 3. The molecule has 0 unspecified atom stereocenters. The predicted molar refractivity (Wildman–Crippen MR) is 65.1 cm³/mol. The van der Waals surface area contributed by atoms with Gasteiger partial charge in [-0.25, -0.2) is 9.97 Å². The van der Waals surface area contributed by atoms with Crippen LogP contribution in [0.4, 0.5) is 0 Å². The van der Waals surface area contributed by atoms with Crippen LogP contribution in [-0.2, 0) is 6.42 Å². The first kappa shape index (κ1) is 11.8. The van der Waals surface area contributed by atoms with Crippen molar-refractivity contribution in [3.63, 3.8) is 0 Å². The molecular formula is C12H12ClN3O. The van der Waals surface area contributed by atoms with Gasteiger partial charge in [0, 0.05) is 24.8 Å². The molecule has 88 valence electrons. The van der Waals surface area contributed by atoms with E-state index >= 15 is 0 Å². The third-order valence-corrected chi connectivity index (χ3v) is 2.48. The second-order valence-corrected chi connectivity index (χ2v) is 3.82. The normalized spacial score (nSPS) is 10.2. The van der Waals surface area contributed by atoms with E-state index in [-0.39, 0.29) is 0 Å². The van der Waals surface area contributed by atoms with Crippen molar-refractivity contribution in [2.24, 2.45) is 0 Å². The van der Waals surface area contributed by atoms with Crippen molar-refractivity contribution in [1.82, 2.24) is 15.0 Å². The molecule has 0 aliphatic rings. The molecule has 0 aromatic carbocycles. The molecule has 17 heavy (non-hydrogen) atoms. The minimum absolute atomic E-state index is 0.302. The van der Waals surface area contributed by atoms with Gasteiger partial charge in [-0.1, -0.05) is 11.6 Å². The first-order valence-electron chi connectivity index (χ1n) is 5.34. The number of ether oxygens (including phenoxy) is 1. The second kappa shape index (κ2) is 6.15. The van der Waals surface area contributed by atoms with Crippen molar-refractivity contribution in [2.45, 2.75) is 12.8 Å². The molecule has 5 heteroatoms. The standard InChI is InChI=1S/C12H12ClN3O/c13-11-12(16-8-7-15-11)17-9-1-2-10-3-5-14-6-4-10/h3-8H,1-2,9H2. The third-order valence-electron chi connectivity index (χ3n) is 2.22. The van der Waals surface area contributed by atoms with Crippen LogP contribution in [0.3, 0.4) is 0 Å². The molecule has 0 N–H and O–H groups in total. The Morgan fingerprint density at radius 3 is 2.59 bits per heavy atom. The molecule has 2 rings (SSSR count). The molecule has 0 radical (unpaired) electrons. The van der Waals surface area contributed by atoms with Crippen LogP contribution in [0.2, 0.25) is 5.15 Å². The summed E-state index contributed by atoms with van der Waals surface area (Å²) in [6, 6.07) is 3.99. The summed E-state index contributed by atoms with van der Waals surface area (Å²) >= 11 is 5.81. The Hall–Kier alpha value is -1.68. The SMILES string of the molecule is Clc1nccnc1OCCCc1ccncc1. The lowest BCUT2D eigenvalue weighted by Crippen LogP contribution is -2.01. The highest BCUT2D eigenvalue weighted by Gasteiger charge is 2.02. The summed E-state index contributed by atoms with van der Waals surface area (Å²) in [5.41, 5.74) is 1.24. The zero-order valence-electron chi connectivity index (χ0n) is 9.21. The Morgan fingerprint density at radius 2 is 1.82 bits per heavy atom. The van der Waals surface area contributed by atoms with Gasteiger partial charge in [-0.15, -0.1) is 0 Å². The Balaban J connectivity index is 1.76. The van der Waals surface area contributed by atoms with E-state index in [1.165, 1.54) is 11.8 Å². The number of halogens is 1. The Kier molecular flexibility index (Phi) is 4.27. The summed E-state index contributed by atoms with van der Waals surface area (Å²) in [7, 11) is 0. The lowest BCUT2D eigenvalue weighted by Gasteiger charge is -2.05. The molecule has 0 aliphatic carbocycles. The smallest absolute Gasteiger partial charge is 0.252 e. The summed E-state index contributed by atoms with van der Waals surface area (Å²) in [5, 5.41) is 0.302. The molecule has 4 nitrogen and oxygen atoms in total. The quantitative estimate of drug-likeness (QED) is 0.764. The molecule has 0 saturated carbocycles. The minimum Gasteiger partial charge on any atom is -0.475 e. The van der Waals surface area contributed by atoms with E-state index in [0.29, 0.717) is 17.6 Å². The summed E-state index contributed by atoms with van der Waals surface area (Å²) in [6.45, 7) is 0.570. The molecule has 0 fully saturated rings. The highest BCUT2D eigenvalue weighted by Crippen LogP contribution is 2.17. The molecular weight excluding hydrogens is 238 g/mol. The van der Waals surface area contributed by atoms with Crippen LogP contribution in [0.5, 0.6) is 5.88 Å². The molecule has 0 amide bonds. The zero-order chi connectivity index (χ0) is 11.9. The number of aryl methyl sites for hydroxylation is 1. The van der Waals surface area contributed by atoms with Gasteiger partial charge in [0.1, 0.15) is 0 Å². The van der Waals surface area contributed by atoms with Gasteiger partial charge in [0.15, 0.2) is 5.15 Å². The highest BCUT2D eigenvalue weighted by atomic mass is 35.5. The highest BCUT2D eigenvalue weighted by molar-refractivity contribution is 6.30. The first-order valence-corrected chi connectivity index (χ1v) is 5.72. The van der Waals surface area contributed by atoms with Crippen LogP contribution in [0.1, 0.15) is 12.0 Å². The molecule has 0 saturated heterocycles. The Bertz CT molecular complexity index is 464. The maximum atomic E-state index is 5.81. The third kappa shape index (κ3) is 3.67. The number of rotatable bonds is 5. The molecule has 0 aliphatic heterocycles. The fourth-order valence-electron chi connectivity index (χ4n) is 1.40. The van der Waals surface area contributed by atoms with Gasteiger partial charge >= 0.3 is 0 Å². The molecule has 0 spiro atoms. The summed E-state index contributed by atoms with van der Waals surface area (Å²) in [6.07, 6.45) is 8.51. The van der Waals surface area contributed by atoms with Gasteiger partial charge < -0.3 is 4.74 Å². The summed E-state index contributed by atoms with van der Waals surface area (Å²) in [5.74, 6) is 0.392. The van der Waals surface area contributed by atoms with Crippen LogP contribution in [0, 0.1) is 0 Å². The van der Waals surface area contributed by atoms with Crippen molar-refractivity contribution in [1.29, 1.82) is 0 Å². The topological polar surface area (TPSA) is 47.9 Å². The Labute approximate surface area is 105 Å². The summed E-state index contributed by atoms with van der Waals surface area (Å²) in [4.78, 5) is 11.8. The van der Waals surface area contributed by atoms with Gasteiger partial charge in [0.25, 0.3) is 5.88 Å². The van der Waals surface area contributed by atoms with Gasteiger partial charge in [0.05, 0.1) is 6.61 Å². The molecule has 0 atom stereocenters. The fourth-order valence-corrected chi connectivity index (χ4v) is 1.56. The van der Waals surface area contributed by atoms with E-state index in [1.807, 2.05) is 12.1 Å². The van der Waals surface area contributed by atoms with Gasteiger partial charge in [-0.05, 0) is 30.5 Å². The number of nitrogens with zero attached hydrogens (tertiary/aromatic N) is 3. The number of hydrogen-bond donors (Lipinski definition) is 0. The van der Waals surface area contributed by atoms with Crippen molar-refractivity contribution < 1.29 is 4.74 Å². The predicted octanol–water partition coefficient (Wildman–Crippen LogP) is 2.54. The van der Waals surface area contributed by atoms with E-state index < -0.39 is 0 Å². The molecule has 0 bridgehead atoms. The number of pyridine rings is 1. The van der Waals surface area contributed by atoms with E-state index in [9.17, 15) is 0 Å². The van der Waals surface area contributed by atoms with Gasteiger partial charge in [-0.3, -0.25) is 4.98 Å². The molecule has 2 aromatic heterocycles. The molecule has 2 aromatic rings. The second-order valence-electron chi connectivity index (χ2n) is 3.46. The lowest BCUT2D eigenvalue weighted by molar-refractivity contribution is 0.298. The van der Waals surface area contributed by atoms with E-state index in [1.54, 1.807) is 18.6 Å². The first-order chi connectivity index (χ1) is 8.36. The monoisotopic (exact) mass is 249 g/mol. The van der Waals surface area contributed by atoms with Crippen LogP contribution in [-0.4, -0.2) is 21.6 Å². The lowest BCUT2D eigenvalue weighted by atomic mass is 10.1. The largest absolute Gasteiger partial charge is 0.475 e. The van der Waals surface area contributed by atoms with Crippen molar-refractivity contribution >= 4 is 11.6 Å². The van der Waals surface area contributed by atoms with E-state index in [0.717, 1.165) is 12.8 Å². The van der Waals surface area contributed by atoms with Crippen LogP contribution >= 0.6 is 11.6 Å². The minimum atomic E-state index is 0.302. The van der Waals surface area contributed by atoms with Crippen LogP contribution in [0.25, 0.3) is 0 Å². The average Bonchev–Trinajstić information content (AvgIpc) is 2.38. The van der Waals surface area contributed by atoms with Crippen molar-refractivity contribution in [2.75, 3.05) is 6.61 Å². The maximum absolute atomic E-state index is 5.81. The van der Waals surface area contributed by atoms with E-state index in [4.69, 9.17) is 16.3 Å². The van der Waals surface area contributed by atoms with E-state index in [2.05, 4.69) is 15.0 Å². The summed E-state index contributed by atoms with van der Waals surface area (Å²) < 4.78 is 5.44. The maximum Gasteiger partial charge on any atom is 0.252 e. The Morgan fingerprint density at radius 1 is 1.06 bits per heavy atom. The zero-order valence-corrected chi connectivity index (χ0v) is 9.97. The van der Waals surface area contributed by atoms with Crippen molar-refractivity contribution in [3.05, 3.63) is 47.6 Å².